The standard InChI is InChI=1S/C55H41N3Si/c1-55(2)44-24-14-11-21-37(44)38-28-27-35(31-45(38)55)47-33-46(34-17-7-5-8-18-34)56-54(57-47)43-32-49-51(42-23-12-15-25-48(42)58(49)36-19-9-6-10-20-36)52-40(43)29-30-41-39-22-13-16-26-50(39)59(3,4)53(41)52/h5-33H,1-4H3. The average Bonchev–Trinajstić information content (AvgIpc) is 3.83. The molecule has 12 rings (SSSR count). The molecule has 3 nitrogen and oxygen atoms in total. The van der Waals surface area contributed by atoms with Gasteiger partial charge in [0.25, 0.3) is 0 Å². The lowest BCUT2D eigenvalue weighted by Crippen LogP contribution is -2.49. The van der Waals surface area contributed by atoms with Gasteiger partial charge in [-0.25, -0.2) is 9.97 Å². The maximum Gasteiger partial charge on any atom is 0.161 e. The lowest BCUT2D eigenvalue weighted by atomic mass is 9.82. The van der Waals surface area contributed by atoms with E-state index in [1.807, 2.05) is 0 Å². The Balaban J connectivity index is 1.20. The topological polar surface area (TPSA) is 30.7 Å². The normalized spacial score (nSPS) is 14.4. The molecule has 0 atom stereocenters. The van der Waals surface area contributed by atoms with Crippen LogP contribution >= 0.6 is 0 Å². The highest BCUT2D eigenvalue weighted by atomic mass is 28.3. The minimum absolute atomic E-state index is 0.124. The Hall–Kier alpha value is -6.88. The van der Waals surface area contributed by atoms with E-state index in [1.165, 1.54) is 76.3 Å². The monoisotopic (exact) mass is 771 g/mol. The summed E-state index contributed by atoms with van der Waals surface area (Å²) in [6, 6.07) is 64.5. The molecule has 10 aromatic rings. The molecule has 0 N–H and O–H groups in total. The molecule has 1 aliphatic carbocycles. The third kappa shape index (κ3) is 4.81. The summed E-state index contributed by atoms with van der Waals surface area (Å²) in [6.07, 6.45) is 0. The van der Waals surface area contributed by atoms with Gasteiger partial charge in [-0.1, -0.05) is 166 Å². The molecular weight excluding hydrogens is 731 g/mol. The first-order chi connectivity index (χ1) is 28.8. The first-order valence-electron chi connectivity index (χ1n) is 20.7. The van der Waals surface area contributed by atoms with Crippen molar-refractivity contribution < 1.29 is 0 Å². The predicted octanol–water partition coefficient (Wildman–Crippen LogP) is 12.8. The lowest BCUT2D eigenvalue weighted by Gasteiger charge is -2.23. The van der Waals surface area contributed by atoms with Crippen molar-refractivity contribution in [1.29, 1.82) is 0 Å². The lowest BCUT2D eigenvalue weighted by molar-refractivity contribution is 0.660. The third-order valence-electron chi connectivity index (χ3n) is 13.4. The van der Waals surface area contributed by atoms with Crippen LogP contribution in [0.25, 0.3) is 94.4 Å². The van der Waals surface area contributed by atoms with Crippen LogP contribution < -0.4 is 10.4 Å². The largest absolute Gasteiger partial charge is 0.309 e. The number of aromatic nitrogens is 3. The van der Waals surface area contributed by atoms with Crippen LogP contribution in [0.1, 0.15) is 25.0 Å². The maximum atomic E-state index is 5.60. The molecule has 280 valence electrons. The van der Waals surface area contributed by atoms with Crippen LogP contribution in [-0.2, 0) is 5.41 Å². The Bertz CT molecular complexity index is 3380. The van der Waals surface area contributed by atoms with E-state index in [0.717, 1.165) is 39.6 Å². The Morgan fingerprint density at radius 3 is 1.92 bits per heavy atom. The van der Waals surface area contributed by atoms with E-state index in [-0.39, 0.29) is 5.41 Å². The summed E-state index contributed by atoms with van der Waals surface area (Å²) in [6.45, 7) is 9.75. The molecule has 8 aromatic carbocycles. The van der Waals surface area contributed by atoms with E-state index in [1.54, 1.807) is 0 Å². The fourth-order valence-corrected chi connectivity index (χ4v) is 14.1. The molecule has 0 bridgehead atoms. The predicted molar refractivity (Wildman–Crippen MR) is 250 cm³/mol. The molecular formula is C55H41N3Si. The highest BCUT2D eigenvalue weighted by Gasteiger charge is 2.40. The Morgan fingerprint density at radius 2 is 1.10 bits per heavy atom. The smallest absolute Gasteiger partial charge is 0.161 e. The molecule has 0 amide bonds. The summed E-state index contributed by atoms with van der Waals surface area (Å²) in [7, 11) is -2.17. The number of hydrogen-bond acceptors (Lipinski definition) is 2. The summed E-state index contributed by atoms with van der Waals surface area (Å²) in [5.41, 5.74) is 16.5. The second-order valence-corrected chi connectivity index (χ2v) is 21.6. The Kier molecular flexibility index (Phi) is 7.13. The van der Waals surface area contributed by atoms with Crippen molar-refractivity contribution in [3.63, 3.8) is 0 Å². The van der Waals surface area contributed by atoms with Crippen molar-refractivity contribution in [3.8, 4) is 61.8 Å². The van der Waals surface area contributed by atoms with E-state index in [9.17, 15) is 0 Å². The number of benzene rings is 8. The molecule has 0 unspecified atom stereocenters. The molecule has 2 aromatic heterocycles. The second-order valence-electron chi connectivity index (χ2n) is 17.3. The van der Waals surface area contributed by atoms with Crippen molar-refractivity contribution in [2.24, 2.45) is 0 Å². The summed E-state index contributed by atoms with van der Waals surface area (Å²) >= 11 is 0. The molecule has 59 heavy (non-hydrogen) atoms. The van der Waals surface area contributed by atoms with Gasteiger partial charge in [-0.15, -0.1) is 0 Å². The first-order valence-corrected chi connectivity index (χ1v) is 23.7. The fraction of sp³-hybridized carbons (Fsp3) is 0.0909. The molecule has 3 heterocycles. The zero-order valence-corrected chi connectivity index (χ0v) is 34.6. The summed E-state index contributed by atoms with van der Waals surface area (Å²) in [5, 5.41) is 8.09. The van der Waals surface area contributed by atoms with Gasteiger partial charge in [-0.05, 0) is 90.9 Å². The van der Waals surface area contributed by atoms with Crippen LogP contribution in [0.4, 0.5) is 0 Å². The van der Waals surface area contributed by atoms with Gasteiger partial charge < -0.3 is 4.57 Å². The second kappa shape index (κ2) is 12.3. The molecule has 0 radical (unpaired) electrons. The van der Waals surface area contributed by atoms with E-state index in [2.05, 4.69) is 207 Å². The molecule has 0 saturated heterocycles. The molecule has 1 aliphatic heterocycles. The molecule has 0 spiro atoms. The minimum Gasteiger partial charge on any atom is -0.309 e. The van der Waals surface area contributed by atoms with Crippen LogP contribution in [-0.4, -0.2) is 22.6 Å². The van der Waals surface area contributed by atoms with Crippen molar-refractivity contribution in [1.82, 2.24) is 14.5 Å². The number of hydrogen-bond donors (Lipinski definition) is 0. The Morgan fingerprint density at radius 1 is 0.458 bits per heavy atom. The van der Waals surface area contributed by atoms with E-state index < -0.39 is 8.07 Å². The van der Waals surface area contributed by atoms with Gasteiger partial charge in [0, 0.05) is 38.6 Å². The Labute approximate surface area is 345 Å². The van der Waals surface area contributed by atoms with Gasteiger partial charge in [0.1, 0.15) is 8.07 Å². The van der Waals surface area contributed by atoms with Crippen LogP contribution in [0.3, 0.4) is 0 Å². The van der Waals surface area contributed by atoms with E-state index >= 15 is 0 Å². The fourth-order valence-electron chi connectivity index (χ4n) is 10.6. The quantitative estimate of drug-likeness (QED) is 0.167. The van der Waals surface area contributed by atoms with Gasteiger partial charge in [-0.3, -0.25) is 0 Å². The van der Waals surface area contributed by atoms with Gasteiger partial charge in [0.2, 0.25) is 0 Å². The van der Waals surface area contributed by atoms with Crippen LogP contribution in [0.2, 0.25) is 13.1 Å². The SMILES string of the molecule is CC1(C)c2ccccc2-c2ccc(-c3cc(-c4ccccc4)nc(-c4cc5c(c6ccccc6n5-c5ccccc5)c5c6c(ccc45)-c4ccccc4[Si]6(C)C)n3)cc21. The average molecular weight is 772 g/mol. The van der Waals surface area contributed by atoms with Gasteiger partial charge >= 0.3 is 0 Å². The summed E-state index contributed by atoms with van der Waals surface area (Å²) in [5.74, 6) is 0.732. The number of para-hydroxylation sites is 2. The number of nitrogens with zero attached hydrogens (tertiary/aromatic N) is 3. The minimum atomic E-state index is -2.17. The van der Waals surface area contributed by atoms with Crippen molar-refractivity contribution >= 4 is 51.0 Å². The third-order valence-corrected chi connectivity index (χ3v) is 16.9. The number of rotatable bonds is 4. The zero-order chi connectivity index (χ0) is 39.6. The van der Waals surface area contributed by atoms with Crippen molar-refractivity contribution in [2.45, 2.75) is 32.4 Å². The molecule has 0 saturated carbocycles. The van der Waals surface area contributed by atoms with Crippen molar-refractivity contribution in [2.75, 3.05) is 0 Å². The highest BCUT2D eigenvalue weighted by molar-refractivity contribution is 7.05. The van der Waals surface area contributed by atoms with Crippen LogP contribution in [0, 0.1) is 0 Å². The van der Waals surface area contributed by atoms with Crippen LogP contribution in [0.15, 0.2) is 176 Å². The maximum absolute atomic E-state index is 5.60. The zero-order valence-electron chi connectivity index (χ0n) is 33.6. The molecule has 0 fully saturated rings. The van der Waals surface area contributed by atoms with Gasteiger partial charge in [-0.2, -0.15) is 0 Å². The van der Waals surface area contributed by atoms with E-state index in [0.29, 0.717) is 0 Å². The molecule has 4 heteroatoms. The van der Waals surface area contributed by atoms with E-state index in [4.69, 9.17) is 9.97 Å². The van der Waals surface area contributed by atoms with Gasteiger partial charge in [0.15, 0.2) is 5.82 Å². The van der Waals surface area contributed by atoms with Gasteiger partial charge in [0.05, 0.1) is 22.4 Å². The first kappa shape index (κ1) is 34.2. The van der Waals surface area contributed by atoms with Crippen LogP contribution in [0.5, 0.6) is 0 Å². The summed E-state index contributed by atoms with van der Waals surface area (Å²) < 4.78 is 2.45. The van der Waals surface area contributed by atoms with Crippen molar-refractivity contribution in [3.05, 3.63) is 187 Å². The molecule has 2 aliphatic rings. The number of fused-ring (bicyclic) bond motifs is 12. The summed E-state index contributed by atoms with van der Waals surface area (Å²) in [4.78, 5) is 11.1. The highest BCUT2D eigenvalue weighted by Crippen LogP contribution is 2.50.